The van der Waals surface area contributed by atoms with E-state index in [-0.39, 0.29) is 5.41 Å². The molecule has 1 aliphatic heterocycles. The van der Waals surface area contributed by atoms with E-state index in [4.69, 9.17) is 4.74 Å². The van der Waals surface area contributed by atoms with Crippen LogP contribution in [0.25, 0.3) is 0 Å². The van der Waals surface area contributed by atoms with E-state index in [1.165, 1.54) is 0 Å². The van der Waals surface area contributed by atoms with Gasteiger partial charge in [0.25, 0.3) is 0 Å². The van der Waals surface area contributed by atoms with Crippen LogP contribution in [-0.4, -0.2) is 24.2 Å². The van der Waals surface area contributed by atoms with E-state index >= 15 is 0 Å². The molecule has 1 saturated heterocycles. The number of rotatable bonds is 2. The first kappa shape index (κ1) is 10.2. The molecule has 2 aliphatic rings. The maximum Gasteiger partial charge on any atom is 0.179 e. The first-order valence-corrected chi connectivity index (χ1v) is 6.04. The summed E-state index contributed by atoms with van der Waals surface area (Å²) in [6.45, 7) is 5.71. The van der Waals surface area contributed by atoms with E-state index in [1.807, 2.05) is 0 Å². The summed E-state index contributed by atoms with van der Waals surface area (Å²) in [5.74, 6) is 0.361. The number of hydrogen-bond acceptors (Lipinski definition) is 3. The minimum atomic E-state index is -0.129. The maximum absolute atomic E-state index is 11.9. The van der Waals surface area contributed by atoms with Crippen LogP contribution in [-0.2, 0) is 9.53 Å². The normalized spacial score (nSPS) is 25.1. The summed E-state index contributed by atoms with van der Waals surface area (Å²) >= 11 is 1.69. The predicted molar refractivity (Wildman–Crippen MR) is 58.3 cm³/mol. The van der Waals surface area contributed by atoms with Gasteiger partial charge in [0.15, 0.2) is 5.78 Å². The van der Waals surface area contributed by atoms with Crippen LogP contribution in [0.15, 0.2) is 11.0 Å². The molecule has 2 rings (SSSR count). The second-order valence-electron chi connectivity index (χ2n) is 4.27. The Kier molecular flexibility index (Phi) is 2.71. The molecule has 0 radical (unpaired) electrons. The summed E-state index contributed by atoms with van der Waals surface area (Å²) in [6, 6.07) is 0. The van der Waals surface area contributed by atoms with E-state index in [1.54, 1.807) is 11.8 Å². The van der Waals surface area contributed by atoms with Gasteiger partial charge >= 0.3 is 0 Å². The lowest BCUT2D eigenvalue weighted by Crippen LogP contribution is -2.42. The average molecular weight is 212 g/mol. The zero-order valence-corrected chi connectivity index (χ0v) is 9.52. The van der Waals surface area contributed by atoms with Crippen LogP contribution in [0.3, 0.4) is 0 Å². The highest BCUT2D eigenvalue weighted by Gasteiger charge is 2.47. The fourth-order valence-corrected chi connectivity index (χ4v) is 3.11. The van der Waals surface area contributed by atoms with Crippen LogP contribution in [0.2, 0.25) is 0 Å². The maximum atomic E-state index is 11.9. The number of carbonyl (C=O) groups is 1. The van der Waals surface area contributed by atoms with Gasteiger partial charge < -0.3 is 4.74 Å². The van der Waals surface area contributed by atoms with Gasteiger partial charge in [-0.25, -0.2) is 0 Å². The molecule has 0 aromatic rings. The van der Waals surface area contributed by atoms with Crippen molar-refractivity contribution in [2.24, 2.45) is 5.41 Å². The van der Waals surface area contributed by atoms with E-state index < -0.39 is 0 Å². The molecular formula is C11H16O2S. The van der Waals surface area contributed by atoms with Crippen LogP contribution >= 0.6 is 11.8 Å². The Morgan fingerprint density at radius 3 is 2.57 bits per heavy atom. The third-order valence-corrected chi connectivity index (χ3v) is 3.86. The van der Waals surface area contributed by atoms with E-state index in [0.717, 1.165) is 31.0 Å². The molecule has 1 aliphatic carbocycles. The van der Waals surface area contributed by atoms with Crippen LogP contribution < -0.4 is 0 Å². The third kappa shape index (κ3) is 1.63. The Morgan fingerprint density at radius 2 is 2.07 bits per heavy atom. The summed E-state index contributed by atoms with van der Waals surface area (Å²) in [7, 11) is 0. The highest BCUT2D eigenvalue weighted by molar-refractivity contribution is 8.04. The Bertz CT molecular complexity index is 275. The van der Waals surface area contributed by atoms with Gasteiger partial charge in [0, 0.05) is 23.4 Å². The van der Waals surface area contributed by atoms with Gasteiger partial charge in [-0.3, -0.25) is 4.79 Å². The first-order chi connectivity index (χ1) is 6.64. The quantitative estimate of drug-likeness (QED) is 0.703. The molecule has 78 valence electrons. The topological polar surface area (TPSA) is 26.3 Å². The largest absolute Gasteiger partial charge is 0.381 e. The number of ether oxygens (including phenoxy) is 1. The average Bonchev–Trinajstić information content (AvgIpc) is 2.18. The van der Waals surface area contributed by atoms with Crippen LogP contribution in [0.4, 0.5) is 0 Å². The fourth-order valence-electron chi connectivity index (χ4n) is 2.00. The monoisotopic (exact) mass is 212 g/mol. The van der Waals surface area contributed by atoms with Crippen molar-refractivity contribution in [3.8, 4) is 0 Å². The van der Waals surface area contributed by atoms with Crippen LogP contribution in [0.5, 0.6) is 0 Å². The van der Waals surface area contributed by atoms with Crippen LogP contribution in [0.1, 0.15) is 26.7 Å². The minimum absolute atomic E-state index is 0.129. The summed E-state index contributed by atoms with van der Waals surface area (Å²) in [6.07, 6.45) is 3.94. The summed E-state index contributed by atoms with van der Waals surface area (Å²) in [4.78, 5) is 12.9. The van der Waals surface area contributed by atoms with Crippen molar-refractivity contribution in [3.05, 3.63) is 11.0 Å². The number of Topliss-reactive ketones (excluding diaryl/α,β-unsaturated/α-hetero) is 1. The van der Waals surface area contributed by atoms with Gasteiger partial charge in [-0.1, -0.05) is 19.9 Å². The van der Waals surface area contributed by atoms with Crippen molar-refractivity contribution in [2.45, 2.75) is 31.9 Å². The molecule has 1 spiro atoms. The zero-order valence-electron chi connectivity index (χ0n) is 8.71. The Hall–Kier alpha value is -0.280. The van der Waals surface area contributed by atoms with Crippen molar-refractivity contribution >= 4 is 17.5 Å². The van der Waals surface area contributed by atoms with Gasteiger partial charge in [-0.2, -0.15) is 0 Å². The van der Waals surface area contributed by atoms with E-state index in [2.05, 4.69) is 19.9 Å². The van der Waals surface area contributed by atoms with Gasteiger partial charge in [0.05, 0.1) is 5.41 Å². The molecule has 0 unspecified atom stereocenters. The van der Waals surface area contributed by atoms with E-state index in [0.29, 0.717) is 11.0 Å². The van der Waals surface area contributed by atoms with Crippen molar-refractivity contribution in [1.29, 1.82) is 0 Å². The van der Waals surface area contributed by atoms with Crippen LogP contribution in [0, 0.1) is 5.41 Å². The van der Waals surface area contributed by atoms with Gasteiger partial charge in [-0.15, -0.1) is 11.8 Å². The smallest absolute Gasteiger partial charge is 0.179 e. The lowest BCUT2D eigenvalue weighted by atomic mass is 9.69. The molecule has 0 saturated carbocycles. The molecule has 0 atom stereocenters. The molecule has 1 heterocycles. The highest BCUT2D eigenvalue weighted by atomic mass is 32.2. The van der Waals surface area contributed by atoms with Crippen molar-refractivity contribution in [3.63, 3.8) is 0 Å². The molecule has 14 heavy (non-hydrogen) atoms. The first-order valence-electron chi connectivity index (χ1n) is 5.16. The molecule has 1 fully saturated rings. The van der Waals surface area contributed by atoms with Crippen molar-refractivity contribution in [1.82, 2.24) is 0 Å². The standard InChI is InChI=1S/C11H16O2S/c1-8(2)14-9-7-11(10(9)12)3-5-13-6-4-11/h7-8H,3-6H2,1-2H3. The number of carbonyl (C=O) groups excluding carboxylic acids is 1. The van der Waals surface area contributed by atoms with Crippen molar-refractivity contribution in [2.75, 3.05) is 13.2 Å². The van der Waals surface area contributed by atoms with Crippen molar-refractivity contribution < 1.29 is 9.53 Å². The molecule has 0 amide bonds. The van der Waals surface area contributed by atoms with Gasteiger partial charge in [0.1, 0.15) is 0 Å². The van der Waals surface area contributed by atoms with Gasteiger partial charge in [-0.05, 0) is 12.8 Å². The zero-order chi connectivity index (χ0) is 10.2. The Morgan fingerprint density at radius 1 is 1.43 bits per heavy atom. The lowest BCUT2D eigenvalue weighted by molar-refractivity contribution is -0.128. The molecule has 0 aromatic carbocycles. The Labute approximate surface area is 89.1 Å². The number of thioether (sulfide) groups is 1. The summed E-state index contributed by atoms with van der Waals surface area (Å²) in [5, 5.41) is 0.502. The number of ketones is 1. The lowest BCUT2D eigenvalue weighted by Gasteiger charge is -2.40. The fraction of sp³-hybridized carbons (Fsp3) is 0.727. The molecule has 2 nitrogen and oxygen atoms in total. The molecular weight excluding hydrogens is 196 g/mol. The van der Waals surface area contributed by atoms with Gasteiger partial charge in [0.2, 0.25) is 0 Å². The number of allylic oxidation sites excluding steroid dienone is 2. The predicted octanol–water partition coefficient (Wildman–Crippen LogP) is 2.39. The second kappa shape index (κ2) is 3.70. The highest BCUT2D eigenvalue weighted by Crippen LogP contribution is 2.48. The SMILES string of the molecule is CC(C)SC1=CC2(CCOCC2)C1=O. The second-order valence-corrected chi connectivity index (χ2v) is 5.89. The summed E-state index contributed by atoms with van der Waals surface area (Å²) < 4.78 is 5.28. The third-order valence-electron chi connectivity index (χ3n) is 2.83. The molecule has 0 aromatic heterocycles. The summed E-state index contributed by atoms with van der Waals surface area (Å²) in [5.41, 5.74) is -0.129. The number of hydrogen-bond donors (Lipinski definition) is 0. The molecule has 0 bridgehead atoms. The molecule has 3 heteroatoms. The minimum Gasteiger partial charge on any atom is -0.381 e. The Balaban J connectivity index is 2.05. The van der Waals surface area contributed by atoms with E-state index in [9.17, 15) is 4.79 Å². The molecule has 0 N–H and O–H groups in total.